The van der Waals surface area contributed by atoms with E-state index in [1.165, 1.54) is 6.33 Å². The van der Waals surface area contributed by atoms with E-state index < -0.39 is 0 Å². The van der Waals surface area contributed by atoms with Crippen molar-refractivity contribution in [2.75, 3.05) is 5.73 Å². The van der Waals surface area contributed by atoms with Crippen LogP contribution in [0.25, 0.3) is 27.1 Å². The molecule has 0 radical (unpaired) electrons. The first kappa shape index (κ1) is 24.6. The molecule has 0 saturated heterocycles. The molecule has 0 bridgehead atoms. The highest BCUT2D eigenvalue weighted by Gasteiger charge is 2.29. The molecule has 3 N–H and O–H groups in total. The molecule has 0 unspecified atom stereocenters. The lowest BCUT2D eigenvalue weighted by Gasteiger charge is -2.29. The summed E-state index contributed by atoms with van der Waals surface area (Å²) in [5, 5.41) is 8.78. The van der Waals surface area contributed by atoms with Crippen LogP contribution in [0.1, 0.15) is 44.6 Å². The minimum Gasteiger partial charge on any atom is -0.457 e. The molecular formula is C30H29N7O2. The molecule has 1 amide bonds. The maximum absolute atomic E-state index is 12.6. The van der Waals surface area contributed by atoms with Gasteiger partial charge in [-0.2, -0.15) is 5.10 Å². The number of rotatable bonds is 7. The number of fused-ring (bicyclic) bond motifs is 1. The lowest BCUT2D eigenvalue weighted by atomic mass is 9.91. The van der Waals surface area contributed by atoms with Gasteiger partial charge in [0.1, 0.15) is 29.3 Å². The molecular weight excluding hydrogens is 490 g/mol. The fraction of sp³-hybridized carbons (Fsp3) is 0.300. The lowest BCUT2D eigenvalue weighted by Crippen LogP contribution is -2.38. The molecule has 2 heterocycles. The average Bonchev–Trinajstić information content (AvgIpc) is 3.70. The number of allylic oxidation sites excluding steroid dienone is 1. The minimum absolute atomic E-state index is 0.0382. The van der Waals surface area contributed by atoms with Crippen LogP contribution in [0.3, 0.4) is 0 Å². The van der Waals surface area contributed by atoms with E-state index in [1.807, 2.05) is 65.4 Å². The maximum Gasteiger partial charge on any atom is 0.250 e. The van der Waals surface area contributed by atoms with Gasteiger partial charge in [0.05, 0.1) is 18.0 Å². The largest absolute Gasteiger partial charge is 0.457 e. The Bertz CT molecular complexity index is 1560. The summed E-state index contributed by atoms with van der Waals surface area (Å²) in [6, 6.07) is 17.6. The van der Waals surface area contributed by atoms with Crippen molar-refractivity contribution in [2.45, 2.75) is 50.6 Å². The SMILES string of the molecule is [C-]#[N+]/C(=C\C1CC1)C(=O)NC1CCC(n2nc(-c3ccc(Oc4ccccc4)cc3)c3c(N)ncnc32)CC1. The predicted octanol–water partition coefficient (Wildman–Crippen LogP) is 5.68. The van der Waals surface area contributed by atoms with Gasteiger partial charge in [0, 0.05) is 11.6 Å². The first-order valence-electron chi connectivity index (χ1n) is 13.3. The minimum atomic E-state index is -0.257. The molecule has 39 heavy (non-hydrogen) atoms. The van der Waals surface area contributed by atoms with E-state index in [4.69, 9.17) is 22.1 Å². The summed E-state index contributed by atoms with van der Waals surface area (Å²) in [6.45, 7) is 7.36. The van der Waals surface area contributed by atoms with Crippen molar-refractivity contribution in [3.63, 3.8) is 0 Å². The normalized spacial score (nSPS) is 19.4. The number of para-hydroxylation sites is 1. The van der Waals surface area contributed by atoms with Crippen LogP contribution in [0.4, 0.5) is 5.82 Å². The molecule has 2 aliphatic rings. The number of nitrogens with zero attached hydrogens (tertiary/aromatic N) is 5. The van der Waals surface area contributed by atoms with Gasteiger partial charge in [-0.3, -0.25) is 4.79 Å². The highest BCUT2D eigenvalue weighted by atomic mass is 16.5. The summed E-state index contributed by atoms with van der Waals surface area (Å²) in [4.78, 5) is 24.8. The van der Waals surface area contributed by atoms with Crippen LogP contribution < -0.4 is 15.8 Å². The second kappa shape index (κ2) is 10.6. The molecule has 0 spiro atoms. The van der Waals surface area contributed by atoms with Gasteiger partial charge in [-0.25, -0.2) is 19.5 Å². The monoisotopic (exact) mass is 519 g/mol. The molecule has 2 aliphatic carbocycles. The smallest absolute Gasteiger partial charge is 0.250 e. The molecule has 6 rings (SSSR count). The van der Waals surface area contributed by atoms with Crippen LogP contribution in [0.5, 0.6) is 11.5 Å². The fourth-order valence-corrected chi connectivity index (χ4v) is 5.13. The zero-order chi connectivity index (χ0) is 26.8. The number of nitrogens with two attached hydrogens (primary N) is 1. The van der Waals surface area contributed by atoms with Crippen molar-refractivity contribution in [1.29, 1.82) is 0 Å². The van der Waals surface area contributed by atoms with E-state index in [0.29, 0.717) is 17.4 Å². The Labute approximate surface area is 226 Å². The van der Waals surface area contributed by atoms with Gasteiger partial charge in [0.2, 0.25) is 11.6 Å². The number of carbonyl (C=O) groups is 1. The maximum atomic E-state index is 12.6. The van der Waals surface area contributed by atoms with Crippen molar-refractivity contribution in [3.05, 3.63) is 84.1 Å². The summed E-state index contributed by atoms with van der Waals surface area (Å²) >= 11 is 0. The second-order valence-corrected chi connectivity index (χ2v) is 10.2. The Morgan fingerprint density at radius 3 is 2.41 bits per heavy atom. The van der Waals surface area contributed by atoms with E-state index in [0.717, 1.165) is 66.7 Å². The average molecular weight is 520 g/mol. The summed E-state index contributed by atoms with van der Waals surface area (Å²) < 4.78 is 7.90. The first-order valence-corrected chi connectivity index (χ1v) is 13.3. The van der Waals surface area contributed by atoms with Crippen molar-refractivity contribution >= 4 is 22.8 Å². The highest BCUT2D eigenvalue weighted by molar-refractivity contribution is 5.98. The van der Waals surface area contributed by atoms with Crippen molar-refractivity contribution in [3.8, 4) is 22.8 Å². The van der Waals surface area contributed by atoms with E-state index >= 15 is 0 Å². The third-order valence-corrected chi connectivity index (χ3v) is 7.37. The molecule has 9 heteroatoms. The Morgan fingerprint density at radius 2 is 1.72 bits per heavy atom. The summed E-state index contributed by atoms with van der Waals surface area (Å²) in [7, 11) is 0. The van der Waals surface area contributed by atoms with Crippen molar-refractivity contribution in [1.82, 2.24) is 25.1 Å². The van der Waals surface area contributed by atoms with Gasteiger partial charge < -0.3 is 15.8 Å². The van der Waals surface area contributed by atoms with Crippen LogP contribution in [0, 0.1) is 12.5 Å². The van der Waals surface area contributed by atoms with Gasteiger partial charge in [-0.15, -0.1) is 0 Å². The highest BCUT2D eigenvalue weighted by Crippen LogP contribution is 2.37. The molecule has 4 aromatic rings. The first-order chi connectivity index (χ1) is 19.1. The van der Waals surface area contributed by atoms with Crippen molar-refractivity contribution < 1.29 is 9.53 Å². The third kappa shape index (κ3) is 5.32. The molecule has 2 saturated carbocycles. The zero-order valence-corrected chi connectivity index (χ0v) is 21.5. The standard InChI is InChI=1S/C30H29N7O2/c1-32-25(17-19-7-8-19)30(38)35-21-11-13-22(14-12-21)37-29-26(28(31)33-18-34-29)27(36-37)20-9-15-24(16-10-20)39-23-5-3-2-4-6-23/h2-6,9-10,15-19,21-22H,7-8,11-14H2,(H,35,38)(H2,31,33,34)/b25-17-. The number of ether oxygens (including phenoxy) is 1. The van der Waals surface area contributed by atoms with Crippen molar-refractivity contribution in [2.24, 2.45) is 5.92 Å². The van der Waals surface area contributed by atoms with E-state index in [1.54, 1.807) is 0 Å². The van der Waals surface area contributed by atoms with Gasteiger partial charge >= 0.3 is 0 Å². The van der Waals surface area contributed by atoms with E-state index in [9.17, 15) is 4.79 Å². The molecule has 9 nitrogen and oxygen atoms in total. The van der Waals surface area contributed by atoms with E-state index in [2.05, 4.69) is 20.1 Å². The molecule has 0 aliphatic heterocycles. The molecule has 2 aromatic carbocycles. The number of nitrogens with one attached hydrogen (secondary N) is 1. The van der Waals surface area contributed by atoms with Crippen LogP contribution in [-0.4, -0.2) is 31.7 Å². The summed E-state index contributed by atoms with van der Waals surface area (Å²) in [5.74, 6) is 2.02. The zero-order valence-electron chi connectivity index (χ0n) is 21.5. The number of nitrogen functional groups attached to an aromatic ring is 1. The number of carbonyl (C=O) groups excluding carboxylic acids is 1. The van der Waals surface area contributed by atoms with Gasteiger partial charge in [0.25, 0.3) is 0 Å². The Hall–Kier alpha value is -4.71. The number of amides is 1. The van der Waals surface area contributed by atoms with Gasteiger partial charge in [-0.05, 0) is 80.8 Å². The second-order valence-electron chi connectivity index (χ2n) is 10.2. The molecule has 196 valence electrons. The quantitative estimate of drug-likeness (QED) is 0.240. The summed E-state index contributed by atoms with van der Waals surface area (Å²) in [6.07, 6.45) is 8.68. The van der Waals surface area contributed by atoms with E-state index in [-0.39, 0.29) is 23.7 Å². The van der Waals surface area contributed by atoms with Gasteiger partial charge in [0.15, 0.2) is 5.65 Å². The number of hydrogen-bond acceptors (Lipinski definition) is 6. The third-order valence-electron chi connectivity index (χ3n) is 7.37. The Kier molecular flexibility index (Phi) is 6.68. The molecule has 0 atom stereocenters. The lowest BCUT2D eigenvalue weighted by molar-refractivity contribution is -0.118. The van der Waals surface area contributed by atoms with Crippen LogP contribution >= 0.6 is 0 Å². The molecule has 2 aromatic heterocycles. The van der Waals surface area contributed by atoms with Crippen LogP contribution in [0.15, 0.2) is 72.7 Å². The Morgan fingerprint density at radius 1 is 1.00 bits per heavy atom. The fourth-order valence-electron chi connectivity index (χ4n) is 5.13. The number of anilines is 1. The van der Waals surface area contributed by atoms with Crippen LogP contribution in [-0.2, 0) is 4.79 Å². The number of aromatic nitrogens is 4. The Balaban J connectivity index is 1.19. The number of benzene rings is 2. The molecule has 2 fully saturated rings. The summed E-state index contributed by atoms with van der Waals surface area (Å²) in [5.41, 5.74) is 8.88. The topological polar surface area (TPSA) is 112 Å². The van der Waals surface area contributed by atoms with Gasteiger partial charge in [-0.1, -0.05) is 24.3 Å². The number of hydrogen-bond donors (Lipinski definition) is 2. The van der Waals surface area contributed by atoms with Crippen LogP contribution in [0.2, 0.25) is 0 Å². The predicted molar refractivity (Wildman–Crippen MR) is 149 cm³/mol.